The molecule has 136 valence electrons. The van der Waals surface area contributed by atoms with Gasteiger partial charge in [0.15, 0.2) is 11.5 Å². The summed E-state index contributed by atoms with van der Waals surface area (Å²) in [5.74, 6) is 1.03. The average Bonchev–Trinajstić information content (AvgIpc) is 2.65. The Balaban J connectivity index is 1.81. The van der Waals surface area contributed by atoms with Gasteiger partial charge in [-0.1, -0.05) is 17.7 Å². The number of carbonyl (C=O) groups is 1. The Hall–Kier alpha value is -2.80. The third-order valence-corrected chi connectivity index (χ3v) is 4.36. The molecule has 0 aromatic heterocycles. The van der Waals surface area contributed by atoms with Crippen LogP contribution in [-0.4, -0.2) is 35.5 Å². The van der Waals surface area contributed by atoms with Gasteiger partial charge in [0.05, 0.1) is 4.92 Å². The fourth-order valence-corrected chi connectivity index (χ4v) is 2.89. The maximum absolute atomic E-state index is 12.8. The Morgan fingerprint density at radius 3 is 2.62 bits per heavy atom. The summed E-state index contributed by atoms with van der Waals surface area (Å²) in [7, 11) is 0. The molecule has 0 atom stereocenters. The molecule has 1 aliphatic rings. The largest absolute Gasteiger partial charge is 0.486 e. The van der Waals surface area contributed by atoms with Crippen molar-refractivity contribution in [3.05, 3.63) is 62.7 Å². The summed E-state index contributed by atoms with van der Waals surface area (Å²) in [5.41, 5.74) is 0.821. The normalized spacial score (nSPS) is 12.5. The molecule has 0 aliphatic carbocycles. The fourth-order valence-electron chi connectivity index (χ4n) is 2.70. The molecule has 3 rings (SSSR count). The Kier molecular flexibility index (Phi) is 5.27. The number of nitrogens with zero attached hydrogens (tertiary/aromatic N) is 2. The Labute approximate surface area is 155 Å². The molecule has 0 N–H and O–H groups in total. The quantitative estimate of drug-likeness (QED) is 0.587. The lowest BCUT2D eigenvalue weighted by Crippen LogP contribution is -2.30. The molecule has 0 fully saturated rings. The third-order valence-electron chi connectivity index (χ3n) is 4.04. The van der Waals surface area contributed by atoms with Gasteiger partial charge in [-0.2, -0.15) is 0 Å². The minimum atomic E-state index is -0.601. The number of ether oxygens (including phenoxy) is 2. The SMILES string of the molecule is CCN(Cc1ccc2c(c1)OCCO2)C(=O)c1ccc(Cl)c([N+](=O)[O-])c1. The van der Waals surface area contributed by atoms with Crippen LogP contribution in [0.15, 0.2) is 36.4 Å². The van der Waals surface area contributed by atoms with Gasteiger partial charge in [0.1, 0.15) is 18.2 Å². The van der Waals surface area contributed by atoms with Gasteiger partial charge in [0.25, 0.3) is 11.6 Å². The van der Waals surface area contributed by atoms with E-state index in [9.17, 15) is 14.9 Å². The lowest BCUT2D eigenvalue weighted by Gasteiger charge is -2.23. The summed E-state index contributed by atoms with van der Waals surface area (Å²) < 4.78 is 11.1. The molecule has 1 heterocycles. The van der Waals surface area contributed by atoms with Gasteiger partial charge in [-0.3, -0.25) is 14.9 Å². The number of carbonyl (C=O) groups excluding carboxylic acids is 1. The van der Waals surface area contributed by atoms with Crippen molar-refractivity contribution < 1.29 is 19.2 Å². The highest BCUT2D eigenvalue weighted by Crippen LogP contribution is 2.31. The second-order valence-electron chi connectivity index (χ2n) is 5.72. The number of benzene rings is 2. The van der Waals surface area contributed by atoms with Crippen molar-refractivity contribution in [3.8, 4) is 11.5 Å². The lowest BCUT2D eigenvalue weighted by atomic mass is 10.1. The molecule has 1 aliphatic heterocycles. The second kappa shape index (κ2) is 7.61. The lowest BCUT2D eigenvalue weighted by molar-refractivity contribution is -0.384. The van der Waals surface area contributed by atoms with Crippen molar-refractivity contribution in [1.82, 2.24) is 4.90 Å². The van der Waals surface area contributed by atoms with E-state index in [2.05, 4.69) is 0 Å². The van der Waals surface area contributed by atoms with Crippen LogP contribution in [0.1, 0.15) is 22.8 Å². The van der Waals surface area contributed by atoms with Crippen LogP contribution in [0.25, 0.3) is 0 Å². The van der Waals surface area contributed by atoms with Crippen molar-refractivity contribution in [1.29, 1.82) is 0 Å². The molecule has 26 heavy (non-hydrogen) atoms. The maximum Gasteiger partial charge on any atom is 0.288 e. The van der Waals surface area contributed by atoms with Crippen molar-refractivity contribution in [2.75, 3.05) is 19.8 Å². The van der Waals surface area contributed by atoms with Crippen molar-refractivity contribution in [2.24, 2.45) is 0 Å². The molecular weight excluding hydrogens is 360 g/mol. The summed E-state index contributed by atoms with van der Waals surface area (Å²) in [6.07, 6.45) is 0. The first-order valence-electron chi connectivity index (χ1n) is 8.11. The van der Waals surface area contributed by atoms with E-state index in [-0.39, 0.29) is 22.2 Å². The minimum Gasteiger partial charge on any atom is -0.486 e. The monoisotopic (exact) mass is 376 g/mol. The second-order valence-corrected chi connectivity index (χ2v) is 6.13. The fraction of sp³-hybridized carbons (Fsp3) is 0.278. The van der Waals surface area contributed by atoms with Gasteiger partial charge >= 0.3 is 0 Å². The molecule has 0 unspecified atom stereocenters. The summed E-state index contributed by atoms with van der Waals surface area (Å²) >= 11 is 5.81. The number of rotatable bonds is 5. The van der Waals surface area contributed by atoms with E-state index in [1.807, 2.05) is 25.1 Å². The Morgan fingerprint density at radius 1 is 1.19 bits per heavy atom. The van der Waals surface area contributed by atoms with Gasteiger partial charge in [-0.05, 0) is 36.8 Å². The maximum atomic E-state index is 12.8. The molecule has 8 heteroatoms. The summed E-state index contributed by atoms with van der Waals surface area (Å²) in [4.78, 5) is 24.8. The number of halogens is 1. The standard InChI is InChI=1S/C18H17ClN2O5/c1-2-20(11-12-3-6-16-17(9-12)26-8-7-25-16)18(22)13-4-5-14(19)15(10-13)21(23)24/h3-6,9-10H,2,7-8,11H2,1H3. The zero-order valence-electron chi connectivity index (χ0n) is 14.1. The minimum absolute atomic E-state index is 0.00133. The zero-order valence-corrected chi connectivity index (χ0v) is 14.9. The van der Waals surface area contributed by atoms with E-state index in [0.717, 1.165) is 5.56 Å². The number of hydrogen-bond donors (Lipinski definition) is 0. The first-order valence-corrected chi connectivity index (χ1v) is 8.49. The predicted octanol–water partition coefficient (Wildman–Crippen LogP) is 3.68. The topological polar surface area (TPSA) is 81.9 Å². The number of hydrogen-bond acceptors (Lipinski definition) is 5. The number of nitro groups is 1. The van der Waals surface area contributed by atoms with E-state index in [1.54, 1.807) is 4.90 Å². The van der Waals surface area contributed by atoms with Gasteiger partial charge in [0.2, 0.25) is 0 Å². The van der Waals surface area contributed by atoms with Crippen LogP contribution < -0.4 is 9.47 Å². The zero-order chi connectivity index (χ0) is 18.7. The molecule has 0 radical (unpaired) electrons. The molecule has 0 bridgehead atoms. The summed E-state index contributed by atoms with van der Waals surface area (Å²) in [6.45, 7) is 3.65. The molecule has 1 amide bonds. The van der Waals surface area contributed by atoms with Crippen LogP contribution in [0.5, 0.6) is 11.5 Å². The van der Waals surface area contributed by atoms with E-state index in [0.29, 0.717) is 37.8 Å². The summed E-state index contributed by atoms with van der Waals surface area (Å²) in [5, 5.41) is 11.0. The smallest absolute Gasteiger partial charge is 0.288 e. The van der Waals surface area contributed by atoms with Crippen LogP contribution in [0.3, 0.4) is 0 Å². The average molecular weight is 377 g/mol. The first-order chi connectivity index (χ1) is 12.5. The van der Waals surface area contributed by atoms with E-state index in [1.165, 1.54) is 18.2 Å². The van der Waals surface area contributed by atoms with Crippen molar-refractivity contribution in [3.63, 3.8) is 0 Å². The molecule has 0 spiro atoms. The van der Waals surface area contributed by atoms with Gasteiger partial charge < -0.3 is 14.4 Å². The van der Waals surface area contributed by atoms with Crippen LogP contribution in [0.2, 0.25) is 5.02 Å². The predicted molar refractivity (Wildman–Crippen MR) is 96.0 cm³/mol. The van der Waals surface area contributed by atoms with E-state index >= 15 is 0 Å². The third kappa shape index (κ3) is 3.72. The van der Waals surface area contributed by atoms with Gasteiger partial charge in [-0.25, -0.2) is 0 Å². The Morgan fingerprint density at radius 2 is 1.92 bits per heavy atom. The highest BCUT2D eigenvalue weighted by atomic mass is 35.5. The Bertz CT molecular complexity index is 855. The van der Waals surface area contributed by atoms with Crippen molar-refractivity contribution in [2.45, 2.75) is 13.5 Å². The molecule has 0 saturated heterocycles. The first kappa shape index (κ1) is 18.0. The van der Waals surface area contributed by atoms with Crippen molar-refractivity contribution >= 4 is 23.2 Å². The molecule has 0 saturated carbocycles. The highest BCUT2D eigenvalue weighted by molar-refractivity contribution is 6.32. The number of nitro benzene ring substituents is 1. The van der Waals surface area contributed by atoms with E-state index < -0.39 is 4.92 Å². The van der Waals surface area contributed by atoms with Gasteiger partial charge in [-0.15, -0.1) is 0 Å². The molecular formula is C18H17ClN2O5. The van der Waals surface area contributed by atoms with Crippen LogP contribution in [0.4, 0.5) is 5.69 Å². The molecule has 2 aromatic rings. The van der Waals surface area contributed by atoms with Gasteiger partial charge in [0, 0.05) is 24.7 Å². The number of amides is 1. The summed E-state index contributed by atoms with van der Waals surface area (Å²) in [6, 6.07) is 9.59. The van der Waals surface area contributed by atoms with Crippen LogP contribution in [-0.2, 0) is 6.54 Å². The molecule has 7 nitrogen and oxygen atoms in total. The number of fused-ring (bicyclic) bond motifs is 1. The molecule has 2 aromatic carbocycles. The van der Waals surface area contributed by atoms with Crippen LogP contribution in [0, 0.1) is 10.1 Å². The van der Waals surface area contributed by atoms with Crippen LogP contribution >= 0.6 is 11.6 Å². The van der Waals surface area contributed by atoms with E-state index in [4.69, 9.17) is 21.1 Å². The highest BCUT2D eigenvalue weighted by Gasteiger charge is 2.21.